The Labute approximate surface area is 206 Å². The minimum absolute atomic E-state index is 0. The van der Waals surface area contributed by atoms with Crippen LogP contribution in [0.1, 0.15) is 45.5 Å². The van der Waals surface area contributed by atoms with Gasteiger partial charge in [0.25, 0.3) is 0 Å². The highest BCUT2D eigenvalue weighted by atomic mass is 127. The lowest BCUT2D eigenvalue weighted by molar-refractivity contribution is 0.0507. The molecule has 2 N–H and O–H groups in total. The Balaban J connectivity index is 0.00000341. The number of benzene rings is 1. The molecule has 1 aromatic carbocycles. The van der Waals surface area contributed by atoms with Crippen molar-refractivity contribution in [2.75, 3.05) is 26.2 Å². The summed E-state index contributed by atoms with van der Waals surface area (Å²) in [5.74, 6) is 0.912. The average molecular weight is 560 g/mol. The monoisotopic (exact) mass is 559 g/mol. The summed E-state index contributed by atoms with van der Waals surface area (Å²) >= 11 is 1.76. The van der Waals surface area contributed by atoms with Gasteiger partial charge in [0.2, 0.25) is 0 Å². The van der Waals surface area contributed by atoms with E-state index in [2.05, 4.69) is 40.7 Å². The van der Waals surface area contributed by atoms with Gasteiger partial charge in [-0.3, -0.25) is 4.99 Å². The van der Waals surface area contributed by atoms with Crippen molar-refractivity contribution >= 4 is 57.6 Å². The quantitative estimate of drug-likeness (QED) is 0.237. The van der Waals surface area contributed by atoms with E-state index >= 15 is 0 Å². The van der Waals surface area contributed by atoms with Crippen LogP contribution in [0.25, 0.3) is 10.2 Å². The maximum atomic E-state index is 12.0. The molecule has 3 rings (SSSR count). The number of likely N-dealkylation sites (tertiary alicyclic amines) is 1. The van der Waals surface area contributed by atoms with Gasteiger partial charge in [-0.05, 0) is 52.7 Å². The smallest absolute Gasteiger partial charge is 0.407 e. The topological polar surface area (TPSA) is 78.9 Å². The number of carbonyl (C=O) groups is 1. The standard InChI is InChI=1S/C22H33N5O2S.HI/c1-5-23-20(27-14-12-16(15-27)25-21(28)29-22(2,3)4)24-13-8-11-19-26-17-9-6-7-10-18(17)30-19;/h6-7,9-10,16H,5,8,11-15H2,1-4H3,(H,23,24)(H,25,28);1H/t16-;/m1./s1. The van der Waals surface area contributed by atoms with Crippen LogP contribution in [0.2, 0.25) is 0 Å². The summed E-state index contributed by atoms with van der Waals surface area (Å²) in [5, 5.41) is 7.51. The lowest BCUT2D eigenvalue weighted by atomic mass is 10.2. The predicted octanol–water partition coefficient (Wildman–Crippen LogP) is 4.41. The van der Waals surface area contributed by atoms with Gasteiger partial charge in [-0.15, -0.1) is 35.3 Å². The molecule has 1 amide bonds. The van der Waals surface area contributed by atoms with Crippen molar-refractivity contribution in [1.82, 2.24) is 20.5 Å². The van der Waals surface area contributed by atoms with Crippen molar-refractivity contribution in [2.45, 2.75) is 58.6 Å². The van der Waals surface area contributed by atoms with Gasteiger partial charge >= 0.3 is 6.09 Å². The van der Waals surface area contributed by atoms with E-state index in [9.17, 15) is 4.79 Å². The number of hydrogen-bond acceptors (Lipinski definition) is 5. The zero-order chi connectivity index (χ0) is 21.6. The Morgan fingerprint density at radius 3 is 2.84 bits per heavy atom. The first-order chi connectivity index (χ1) is 14.3. The number of amides is 1. The van der Waals surface area contributed by atoms with Crippen LogP contribution < -0.4 is 10.6 Å². The molecule has 0 aliphatic carbocycles. The highest BCUT2D eigenvalue weighted by Crippen LogP contribution is 2.22. The Kier molecular flexibility index (Phi) is 9.80. The number of aryl methyl sites for hydroxylation is 1. The van der Waals surface area contributed by atoms with Crippen molar-refractivity contribution in [3.05, 3.63) is 29.3 Å². The minimum atomic E-state index is -0.484. The number of ether oxygens (including phenoxy) is 1. The maximum Gasteiger partial charge on any atom is 0.407 e. The molecular weight excluding hydrogens is 525 g/mol. The summed E-state index contributed by atoms with van der Waals surface area (Å²) in [6, 6.07) is 8.34. The summed E-state index contributed by atoms with van der Waals surface area (Å²) < 4.78 is 6.61. The molecular formula is C22H34IN5O2S. The number of carbonyl (C=O) groups excluding carboxylic acids is 1. The normalized spacial score (nSPS) is 16.8. The molecule has 7 nitrogen and oxygen atoms in total. The van der Waals surface area contributed by atoms with Crippen LogP contribution in [0.4, 0.5) is 4.79 Å². The first-order valence-electron chi connectivity index (χ1n) is 10.7. The number of aromatic nitrogens is 1. The molecule has 0 radical (unpaired) electrons. The number of alkyl carbamates (subject to hydrolysis) is 1. The highest BCUT2D eigenvalue weighted by Gasteiger charge is 2.27. The zero-order valence-corrected chi connectivity index (χ0v) is 22.0. The summed E-state index contributed by atoms with van der Waals surface area (Å²) in [6.45, 7) is 10.9. The Bertz CT molecular complexity index is 847. The summed E-state index contributed by atoms with van der Waals surface area (Å²) in [6.07, 6.45) is 2.43. The van der Waals surface area contributed by atoms with Crippen LogP contribution in [-0.4, -0.2) is 59.8 Å². The van der Waals surface area contributed by atoms with E-state index in [0.29, 0.717) is 0 Å². The van der Waals surface area contributed by atoms with E-state index < -0.39 is 5.60 Å². The molecule has 1 saturated heterocycles. The first-order valence-corrected chi connectivity index (χ1v) is 11.5. The molecule has 1 aromatic heterocycles. The highest BCUT2D eigenvalue weighted by molar-refractivity contribution is 14.0. The van der Waals surface area contributed by atoms with Crippen LogP contribution in [0.5, 0.6) is 0 Å². The molecule has 2 aromatic rings. The van der Waals surface area contributed by atoms with Crippen molar-refractivity contribution in [1.29, 1.82) is 0 Å². The number of aliphatic imine (C=N–C) groups is 1. The largest absolute Gasteiger partial charge is 0.444 e. The van der Waals surface area contributed by atoms with Gasteiger partial charge in [-0.2, -0.15) is 0 Å². The number of nitrogens with zero attached hydrogens (tertiary/aromatic N) is 3. The van der Waals surface area contributed by atoms with Crippen LogP contribution in [0, 0.1) is 0 Å². The molecule has 0 spiro atoms. The fraction of sp³-hybridized carbons (Fsp3) is 0.591. The average Bonchev–Trinajstić information content (AvgIpc) is 3.29. The molecule has 172 valence electrons. The van der Waals surface area contributed by atoms with Gasteiger partial charge in [0.1, 0.15) is 5.60 Å². The number of guanidine groups is 1. The van der Waals surface area contributed by atoms with E-state index in [4.69, 9.17) is 14.7 Å². The van der Waals surface area contributed by atoms with E-state index in [1.807, 2.05) is 26.8 Å². The minimum Gasteiger partial charge on any atom is -0.444 e. The number of thiazole rings is 1. The van der Waals surface area contributed by atoms with Crippen LogP contribution >= 0.6 is 35.3 Å². The molecule has 0 bridgehead atoms. The third kappa shape index (κ3) is 8.10. The zero-order valence-electron chi connectivity index (χ0n) is 18.8. The lowest BCUT2D eigenvalue weighted by Gasteiger charge is -2.23. The number of rotatable bonds is 6. The van der Waals surface area contributed by atoms with Gasteiger partial charge in [0.05, 0.1) is 21.3 Å². The van der Waals surface area contributed by atoms with Gasteiger partial charge in [0.15, 0.2) is 5.96 Å². The third-order valence-corrected chi connectivity index (χ3v) is 5.79. The third-order valence-electron chi connectivity index (χ3n) is 4.69. The molecule has 0 saturated carbocycles. The van der Waals surface area contributed by atoms with Crippen molar-refractivity contribution in [2.24, 2.45) is 4.99 Å². The number of halogens is 1. The fourth-order valence-corrected chi connectivity index (χ4v) is 4.42. The molecule has 1 fully saturated rings. The van der Waals surface area contributed by atoms with E-state index in [0.717, 1.165) is 56.9 Å². The van der Waals surface area contributed by atoms with Crippen molar-refractivity contribution in [3.63, 3.8) is 0 Å². The summed E-state index contributed by atoms with van der Waals surface area (Å²) in [4.78, 5) is 23.7. The van der Waals surface area contributed by atoms with Gasteiger partial charge in [0, 0.05) is 32.6 Å². The Hall–Kier alpha value is -1.62. The summed E-state index contributed by atoms with van der Waals surface area (Å²) in [5.41, 5.74) is 0.595. The van der Waals surface area contributed by atoms with Crippen LogP contribution in [-0.2, 0) is 11.2 Å². The van der Waals surface area contributed by atoms with E-state index in [-0.39, 0.29) is 36.1 Å². The van der Waals surface area contributed by atoms with Crippen molar-refractivity contribution in [3.8, 4) is 0 Å². The predicted molar refractivity (Wildman–Crippen MR) is 139 cm³/mol. The molecule has 1 atom stereocenters. The second kappa shape index (κ2) is 11.8. The summed E-state index contributed by atoms with van der Waals surface area (Å²) in [7, 11) is 0. The first kappa shape index (κ1) is 25.6. The Morgan fingerprint density at radius 2 is 2.13 bits per heavy atom. The SMILES string of the molecule is CCNC(=NCCCc1nc2ccccc2s1)N1CC[C@@H](NC(=O)OC(C)(C)C)C1.I. The lowest BCUT2D eigenvalue weighted by Crippen LogP contribution is -2.44. The second-order valence-corrected chi connectivity index (χ2v) is 9.61. The molecule has 2 heterocycles. The molecule has 9 heteroatoms. The number of fused-ring (bicyclic) bond motifs is 1. The van der Waals surface area contributed by atoms with Crippen molar-refractivity contribution < 1.29 is 9.53 Å². The maximum absolute atomic E-state index is 12.0. The Morgan fingerprint density at radius 1 is 1.35 bits per heavy atom. The van der Waals surface area contributed by atoms with E-state index in [1.54, 1.807) is 11.3 Å². The van der Waals surface area contributed by atoms with Gasteiger partial charge in [-0.1, -0.05) is 12.1 Å². The number of para-hydroxylation sites is 1. The molecule has 0 unspecified atom stereocenters. The van der Waals surface area contributed by atoms with Crippen LogP contribution in [0.3, 0.4) is 0 Å². The molecule has 1 aliphatic rings. The fourth-order valence-electron chi connectivity index (χ4n) is 3.41. The molecule has 1 aliphatic heterocycles. The number of hydrogen-bond donors (Lipinski definition) is 2. The van der Waals surface area contributed by atoms with Gasteiger partial charge in [-0.25, -0.2) is 9.78 Å². The number of nitrogens with one attached hydrogen (secondary N) is 2. The van der Waals surface area contributed by atoms with E-state index in [1.165, 1.54) is 9.71 Å². The second-order valence-electron chi connectivity index (χ2n) is 8.49. The van der Waals surface area contributed by atoms with Gasteiger partial charge < -0.3 is 20.3 Å². The van der Waals surface area contributed by atoms with Crippen LogP contribution in [0.15, 0.2) is 29.3 Å². The molecule has 31 heavy (non-hydrogen) atoms.